The van der Waals surface area contributed by atoms with E-state index in [1.165, 1.54) is 24.3 Å². The number of rotatable bonds is 3. The Morgan fingerprint density at radius 1 is 1.31 bits per heavy atom. The topological polar surface area (TPSA) is 80.4 Å². The van der Waals surface area contributed by atoms with Gasteiger partial charge in [0.15, 0.2) is 0 Å². The van der Waals surface area contributed by atoms with Gasteiger partial charge in [-0.25, -0.2) is 8.42 Å². The highest BCUT2D eigenvalue weighted by atomic mass is 32.2. The van der Waals surface area contributed by atoms with Crippen LogP contribution >= 0.6 is 0 Å². The predicted molar refractivity (Wildman–Crippen MR) is 61.6 cm³/mol. The summed E-state index contributed by atoms with van der Waals surface area (Å²) >= 11 is 0. The summed E-state index contributed by atoms with van der Waals surface area (Å²) in [7, 11) is -3.40. The second-order valence-corrected chi connectivity index (χ2v) is 5.67. The second-order valence-electron chi connectivity index (χ2n) is 3.70. The minimum Gasteiger partial charge on any atom is -0.507 e. The van der Waals surface area contributed by atoms with E-state index >= 15 is 0 Å². The molecular formula is C11H13NO3S. The number of nitrogens with two attached hydrogens (primary N) is 1. The first kappa shape index (κ1) is 11.2. The van der Waals surface area contributed by atoms with Crippen LogP contribution in [0.25, 0.3) is 6.08 Å². The van der Waals surface area contributed by atoms with E-state index in [1.807, 2.05) is 0 Å². The Labute approximate surface area is 94.3 Å². The molecule has 1 aliphatic heterocycles. The van der Waals surface area contributed by atoms with Crippen molar-refractivity contribution in [2.45, 2.75) is 17.7 Å². The molecule has 0 unspecified atom stereocenters. The molecule has 0 atom stereocenters. The van der Waals surface area contributed by atoms with Crippen molar-refractivity contribution in [3.05, 3.63) is 28.7 Å². The monoisotopic (exact) mass is 239 g/mol. The molecular weight excluding hydrogens is 226 g/mol. The molecule has 0 saturated heterocycles. The molecule has 1 aromatic rings. The zero-order valence-corrected chi connectivity index (χ0v) is 9.50. The van der Waals surface area contributed by atoms with Crippen molar-refractivity contribution in [1.82, 2.24) is 0 Å². The van der Waals surface area contributed by atoms with Crippen LogP contribution in [0.2, 0.25) is 0 Å². The van der Waals surface area contributed by atoms with Crippen molar-refractivity contribution in [2.24, 2.45) is 5.73 Å². The lowest BCUT2D eigenvalue weighted by atomic mass is 10.1. The van der Waals surface area contributed by atoms with E-state index < -0.39 is 9.84 Å². The number of allylic oxidation sites excluding steroid dienone is 1. The molecule has 4 nitrogen and oxygen atoms in total. The molecule has 0 amide bonds. The molecule has 0 radical (unpaired) electrons. The van der Waals surface area contributed by atoms with Gasteiger partial charge < -0.3 is 10.8 Å². The molecule has 0 spiro atoms. The molecule has 1 aromatic carbocycles. The fraction of sp³-hybridized carbons (Fsp3) is 0.273. The summed E-state index contributed by atoms with van der Waals surface area (Å²) in [6.07, 6.45) is 2.59. The third-order valence-electron chi connectivity index (χ3n) is 2.61. The number of hydrogen-bond donors (Lipinski definition) is 2. The van der Waals surface area contributed by atoms with Crippen LogP contribution in [0.5, 0.6) is 5.75 Å². The maximum atomic E-state index is 12.0. The van der Waals surface area contributed by atoms with Crippen LogP contribution in [0.3, 0.4) is 0 Å². The van der Waals surface area contributed by atoms with E-state index in [1.54, 1.807) is 0 Å². The summed E-state index contributed by atoms with van der Waals surface area (Å²) in [5, 5.41) is 9.57. The molecule has 16 heavy (non-hydrogen) atoms. The number of fused-ring (bicyclic) bond motifs is 1. The molecule has 5 heteroatoms. The summed E-state index contributed by atoms with van der Waals surface area (Å²) in [6.45, 7) is 0.454. The minimum absolute atomic E-state index is 0.00354. The van der Waals surface area contributed by atoms with Crippen LogP contribution < -0.4 is 5.73 Å². The van der Waals surface area contributed by atoms with Crippen LogP contribution in [0.4, 0.5) is 0 Å². The average molecular weight is 239 g/mol. The summed E-state index contributed by atoms with van der Waals surface area (Å²) in [5.41, 5.74) is 5.76. The van der Waals surface area contributed by atoms with Crippen LogP contribution in [0.15, 0.2) is 28.0 Å². The number of phenolic OH excluding ortho intramolecular Hbond substituents is 1. The second kappa shape index (κ2) is 3.92. The molecule has 1 heterocycles. The van der Waals surface area contributed by atoms with E-state index in [2.05, 4.69) is 0 Å². The largest absolute Gasteiger partial charge is 0.507 e. The van der Waals surface area contributed by atoms with Gasteiger partial charge in [-0.3, -0.25) is 0 Å². The standard InChI is InChI=1S/C11H13NO3S/c12-6-2-3-8-7-9-10(13)4-1-5-11(9)16(8,14)15/h1,4-5,7,13H,2-3,6,12H2. The van der Waals surface area contributed by atoms with Gasteiger partial charge in [0.25, 0.3) is 0 Å². The van der Waals surface area contributed by atoms with Crippen molar-refractivity contribution >= 4 is 15.9 Å². The Morgan fingerprint density at radius 3 is 2.69 bits per heavy atom. The highest BCUT2D eigenvalue weighted by molar-refractivity contribution is 7.95. The first-order chi connectivity index (χ1) is 7.57. The summed E-state index contributed by atoms with van der Waals surface area (Å²) in [5.74, 6) is 0.00354. The summed E-state index contributed by atoms with van der Waals surface area (Å²) < 4.78 is 24.0. The Balaban J connectivity index is 2.49. The van der Waals surface area contributed by atoms with E-state index in [0.29, 0.717) is 29.9 Å². The third-order valence-corrected chi connectivity index (χ3v) is 4.56. The normalized spacial score (nSPS) is 16.9. The maximum Gasteiger partial charge on any atom is 0.203 e. The van der Waals surface area contributed by atoms with Crippen LogP contribution in [0, 0.1) is 0 Å². The van der Waals surface area contributed by atoms with Gasteiger partial charge in [-0.2, -0.15) is 0 Å². The molecule has 0 bridgehead atoms. The van der Waals surface area contributed by atoms with Crippen molar-refractivity contribution in [1.29, 1.82) is 0 Å². The van der Waals surface area contributed by atoms with E-state index in [0.717, 1.165) is 0 Å². The minimum atomic E-state index is -3.40. The quantitative estimate of drug-likeness (QED) is 0.832. The fourth-order valence-corrected chi connectivity index (χ4v) is 3.45. The lowest BCUT2D eigenvalue weighted by Gasteiger charge is -2.02. The van der Waals surface area contributed by atoms with Gasteiger partial charge in [-0.05, 0) is 37.6 Å². The van der Waals surface area contributed by atoms with E-state index in [-0.39, 0.29) is 10.6 Å². The lowest BCUT2D eigenvalue weighted by molar-refractivity contribution is 0.472. The number of benzene rings is 1. The molecule has 0 aliphatic carbocycles. The molecule has 86 valence electrons. The third kappa shape index (κ3) is 1.62. The number of hydrogen-bond acceptors (Lipinski definition) is 4. The highest BCUT2D eigenvalue weighted by Crippen LogP contribution is 2.39. The van der Waals surface area contributed by atoms with Crippen LogP contribution in [0.1, 0.15) is 18.4 Å². The Morgan fingerprint density at radius 2 is 2.06 bits per heavy atom. The predicted octanol–water partition coefficient (Wildman–Crippen LogP) is 1.26. The molecule has 0 saturated carbocycles. The van der Waals surface area contributed by atoms with Gasteiger partial charge in [0.1, 0.15) is 5.75 Å². The van der Waals surface area contributed by atoms with Gasteiger partial charge in [-0.15, -0.1) is 0 Å². The number of sulfone groups is 1. The highest BCUT2D eigenvalue weighted by Gasteiger charge is 2.30. The van der Waals surface area contributed by atoms with Gasteiger partial charge >= 0.3 is 0 Å². The molecule has 2 rings (SSSR count). The zero-order valence-electron chi connectivity index (χ0n) is 8.68. The van der Waals surface area contributed by atoms with E-state index in [9.17, 15) is 13.5 Å². The van der Waals surface area contributed by atoms with Gasteiger partial charge in [0.05, 0.1) is 9.80 Å². The summed E-state index contributed by atoms with van der Waals surface area (Å²) in [4.78, 5) is 0.536. The van der Waals surface area contributed by atoms with Crippen molar-refractivity contribution in [3.8, 4) is 5.75 Å². The Hall–Kier alpha value is -1.33. The smallest absolute Gasteiger partial charge is 0.203 e. The molecule has 0 fully saturated rings. The average Bonchev–Trinajstić information content (AvgIpc) is 2.50. The molecule has 0 aromatic heterocycles. The van der Waals surface area contributed by atoms with Gasteiger partial charge in [0, 0.05) is 5.56 Å². The number of aromatic hydroxyl groups is 1. The molecule has 1 aliphatic rings. The summed E-state index contributed by atoms with van der Waals surface area (Å²) in [6, 6.07) is 4.53. The maximum absolute atomic E-state index is 12.0. The Kier molecular flexibility index (Phi) is 2.73. The molecule has 3 N–H and O–H groups in total. The van der Waals surface area contributed by atoms with Crippen molar-refractivity contribution in [2.75, 3.05) is 6.54 Å². The SMILES string of the molecule is NCCCC1=Cc2c(O)cccc2S1(=O)=O. The van der Waals surface area contributed by atoms with Gasteiger partial charge in [-0.1, -0.05) is 6.07 Å². The number of phenols is 1. The Bertz CT molecular complexity index is 546. The van der Waals surface area contributed by atoms with Crippen LogP contribution in [-0.4, -0.2) is 20.1 Å². The van der Waals surface area contributed by atoms with Gasteiger partial charge in [0.2, 0.25) is 9.84 Å². The first-order valence-corrected chi connectivity index (χ1v) is 6.53. The van der Waals surface area contributed by atoms with Crippen molar-refractivity contribution in [3.63, 3.8) is 0 Å². The lowest BCUT2D eigenvalue weighted by Crippen LogP contribution is -2.04. The van der Waals surface area contributed by atoms with Crippen LogP contribution in [-0.2, 0) is 9.84 Å². The van der Waals surface area contributed by atoms with E-state index in [4.69, 9.17) is 5.73 Å². The fourth-order valence-electron chi connectivity index (χ4n) is 1.77. The first-order valence-electron chi connectivity index (χ1n) is 5.05. The van der Waals surface area contributed by atoms with Crippen molar-refractivity contribution < 1.29 is 13.5 Å². The zero-order chi connectivity index (χ0) is 11.8.